The van der Waals surface area contributed by atoms with Crippen LogP contribution in [0.3, 0.4) is 0 Å². The van der Waals surface area contributed by atoms with E-state index in [2.05, 4.69) is 5.48 Å². The van der Waals surface area contributed by atoms with Gasteiger partial charge < -0.3 is 5.21 Å². The van der Waals surface area contributed by atoms with Crippen molar-refractivity contribution in [2.24, 2.45) is 5.41 Å². The third kappa shape index (κ3) is 0.700. The van der Waals surface area contributed by atoms with Crippen molar-refractivity contribution >= 4 is 0 Å². The SMILES string of the molecule is ONC1CC2(CCC2)C1. The van der Waals surface area contributed by atoms with Gasteiger partial charge in [0.25, 0.3) is 0 Å². The highest BCUT2D eigenvalue weighted by Crippen LogP contribution is 2.55. The van der Waals surface area contributed by atoms with Crippen LogP contribution in [0, 0.1) is 5.41 Å². The molecule has 2 N–H and O–H groups in total. The van der Waals surface area contributed by atoms with Gasteiger partial charge in [0.2, 0.25) is 0 Å². The van der Waals surface area contributed by atoms with E-state index in [9.17, 15) is 0 Å². The summed E-state index contributed by atoms with van der Waals surface area (Å²) in [5, 5.41) is 8.49. The Bertz CT molecular complexity index is 112. The molecule has 0 atom stereocenters. The first kappa shape index (κ1) is 5.69. The molecule has 0 amide bonds. The highest BCUT2D eigenvalue weighted by atomic mass is 16.5. The lowest BCUT2D eigenvalue weighted by Gasteiger charge is -2.53. The van der Waals surface area contributed by atoms with E-state index in [1.165, 1.54) is 32.1 Å². The molecule has 0 unspecified atom stereocenters. The van der Waals surface area contributed by atoms with Crippen molar-refractivity contribution in [2.75, 3.05) is 0 Å². The summed E-state index contributed by atoms with van der Waals surface area (Å²) in [4.78, 5) is 0. The lowest BCUT2D eigenvalue weighted by molar-refractivity contribution is -0.0496. The zero-order valence-corrected chi connectivity index (χ0v) is 5.56. The van der Waals surface area contributed by atoms with Gasteiger partial charge in [0.1, 0.15) is 0 Å². The highest BCUT2D eigenvalue weighted by Gasteiger charge is 2.47. The molecule has 0 aromatic carbocycles. The third-order valence-electron chi connectivity index (χ3n) is 2.96. The molecular formula is C7H13NO. The van der Waals surface area contributed by atoms with E-state index in [4.69, 9.17) is 5.21 Å². The molecular weight excluding hydrogens is 114 g/mol. The minimum Gasteiger partial charge on any atom is -0.317 e. The molecule has 1 spiro atoms. The average molecular weight is 127 g/mol. The molecule has 2 heteroatoms. The molecule has 0 bridgehead atoms. The molecule has 0 radical (unpaired) electrons. The van der Waals surface area contributed by atoms with Gasteiger partial charge in [-0.25, -0.2) is 5.48 Å². The molecule has 2 aliphatic rings. The van der Waals surface area contributed by atoms with Crippen LogP contribution < -0.4 is 5.48 Å². The van der Waals surface area contributed by atoms with Gasteiger partial charge in [0.05, 0.1) is 0 Å². The number of hydrogen-bond acceptors (Lipinski definition) is 2. The largest absolute Gasteiger partial charge is 0.317 e. The van der Waals surface area contributed by atoms with Crippen LogP contribution in [0.1, 0.15) is 32.1 Å². The van der Waals surface area contributed by atoms with Gasteiger partial charge in [0.15, 0.2) is 0 Å². The molecule has 2 saturated carbocycles. The topological polar surface area (TPSA) is 32.3 Å². The molecule has 0 aromatic heterocycles. The molecule has 9 heavy (non-hydrogen) atoms. The van der Waals surface area contributed by atoms with Gasteiger partial charge in [-0.05, 0) is 31.1 Å². The van der Waals surface area contributed by atoms with Crippen LogP contribution in [0.25, 0.3) is 0 Å². The molecule has 2 rings (SSSR count). The van der Waals surface area contributed by atoms with Crippen molar-refractivity contribution in [3.8, 4) is 0 Å². The number of hydroxylamine groups is 1. The summed E-state index contributed by atoms with van der Waals surface area (Å²) in [7, 11) is 0. The Morgan fingerprint density at radius 1 is 1.33 bits per heavy atom. The smallest absolute Gasteiger partial charge is 0.0330 e. The molecule has 0 heterocycles. The molecule has 0 aromatic rings. The summed E-state index contributed by atoms with van der Waals surface area (Å²) in [6.07, 6.45) is 6.65. The summed E-state index contributed by atoms with van der Waals surface area (Å²) < 4.78 is 0. The fourth-order valence-electron chi connectivity index (χ4n) is 2.16. The molecule has 0 aliphatic heterocycles. The second-order valence-corrected chi connectivity index (χ2v) is 3.59. The lowest BCUT2D eigenvalue weighted by atomic mass is 9.54. The van der Waals surface area contributed by atoms with Crippen molar-refractivity contribution in [3.05, 3.63) is 0 Å². The quantitative estimate of drug-likeness (QED) is 0.520. The van der Waals surface area contributed by atoms with E-state index in [1.54, 1.807) is 0 Å². The number of nitrogens with one attached hydrogen (secondary N) is 1. The molecule has 52 valence electrons. The summed E-state index contributed by atoms with van der Waals surface area (Å²) in [5.74, 6) is 0. The Morgan fingerprint density at radius 3 is 2.33 bits per heavy atom. The highest BCUT2D eigenvalue weighted by molar-refractivity contribution is 5.01. The second-order valence-electron chi connectivity index (χ2n) is 3.59. The number of rotatable bonds is 1. The average Bonchev–Trinajstić information content (AvgIpc) is 1.59. The van der Waals surface area contributed by atoms with Gasteiger partial charge in [0, 0.05) is 6.04 Å². The molecule has 2 aliphatic carbocycles. The Morgan fingerprint density at radius 2 is 2.00 bits per heavy atom. The van der Waals surface area contributed by atoms with E-state index in [0.717, 1.165) is 0 Å². The van der Waals surface area contributed by atoms with Gasteiger partial charge in [-0.2, -0.15) is 0 Å². The molecule has 2 nitrogen and oxygen atoms in total. The lowest BCUT2D eigenvalue weighted by Crippen LogP contribution is -2.51. The zero-order chi connectivity index (χ0) is 6.32. The second kappa shape index (κ2) is 1.70. The van der Waals surface area contributed by atoms with Crippen LogP contribution in [0.5, 0.6) is 0 Å². The minimum atomic E-state index is 0.422. The van der Waals surface area contributed by atoms with Crippen LogP contribution in [-0.2, 0) is 0 Å². The van der Waals surface area contributed by atoms with E-state index in [0.29, 0.717) is 11.5 Å². The zero-order valence-electron chi connectivity index (χ0n) is 5.56. The predicted molar refractivity (Wildman–Crippen MR) is 34.2 cm³/mol. The first-order chi connectivity index (χ1) is 4.35. The summed E-state index contributed by atoms with van der Waals surface area (Å²) in [6, 6.07) is 0.422. The first-order valence-electron chi connectivity index (χ1n) is 3.74. The maximum Gasteiger partial charge on any atom is 0.0330 e. The van der Waals surface area contributed by atoms with E-state index < -0.39 is 0 Å². The van der Waals surface area contributed by atoms with E-state index in [-0.39, 0.29) is 0 Å². The van der Waals surface area contributed by atoms with Crippen molar-refractivity contribution in [1.82, 2.24) is 5.48 Å². The van der Waals surface area contributed by atoms with Crippen molar-refractivity contribution < 1.29 is 5.21 Å². The summed E-state index contributed by atoms with van der Waals surface area (Å²) in [6.45, 7) is 0. The Balaban J connectivity index is 1.82. The van der Waals surface area contributed by atoms with Crippen molar-refractivity contribution in [2.45, 2.75) is 38.1 Å². The monoisotopic (exact) mass is 127 g/mol. The normalized spacial score (nSPS) is 31.7. The first-order valence-corrected chi connectivity index (χ1v) is 3.74. The Labute approximate surface area is 55.2 Å². The van der Waals surface area contributed by atoms with Crippen LogP contribution in [0.2, 0.25) is 0 Å². The van der Waals surface area contributed by atoms with Crippen LogP contribution >= 0.6 is 0 Å². The van der Waals surface area contributed by atoms with Gasteiger partial charge in [-0.3, -0.25) is 0 Å². The minimum absolute atomic E-state index is 0.422. The van der Waals surface area contributed by atoms with E-state index in [1.807, 2.05) is 0 Å². The fraction of sp³-hybridized carbons (Fsp3) is 1.00. The maximum atomic E-state index is 8.49. The Kier molecular flexibility index (Phi) is 1.08. The van der Waals surface area contributed by atoms with Gasteiger partial charge >= 0.3 is 0 Å². The van der Waals surface area contributed by atoms with E-state index >= 15 is 0 Å². The Hall–Kier alpha value is -0.0800. The molecule has 0 saturated heterocycles. The van der Waals surface area contributed by atoms with Crippen molar-refractivity contribution in [1.29, 1.82) is 0 Å². The van der Waals surface area contributed by atoms with Gasteiger partial charge in [-0.1, -0.05) is 6.42 Å². The van der Waals surface area contributed by atoms with Crippen LogP contribution in [0.15, 0.2) is 0 Å². The fourth-order valence-corrected chi connectivity index (χ4v) is 2.16. The van der Waals surface area contributed by atoms with Gasteiger partial charge in [-0.15, -0.1) is 0 Å². The number of hydrogen-bond donors (Lipinski definition) is 2. The summed E-state index contributed by atoms with van der Waals surface area (Å²) in [5.41, 5.74) is 3.02. The van der Waals surface area contributed by atoms with Crippen LogP contribution in [-0.4, -0.2) is 11.2 Å². The maximum absolute atomic E-state index is 8.49. The standard InChI is InChI=1S/C7H13NO/c9-8-6-4-7(5-6)2-1-3-7/h6,8-9H,1-5H2. The third-order valence-corrected chi connectivity index (χ3v) is 2.96. The predicted octanol–water partition coefficient (Wildman–Crippen LogP) is 1.30. The van der Waals surface area contributed by atoms with Crippen LogP contribution in [0.4, 0.5) is 0 Å². The molecule has 2 fully saturated rings. The van der Waals surface area contributed by atoms with Crippen molar-refractivity contribution in [3.63, 3.8) is 0 Å². The summed E-state index contributed by atoms with van der Waals surface area (Å²) >= 11 is 0.